The number of rotatable bonds is 8. The molecule has 178 valence electrons. The maximum atomic E-state index is 13.7. The Hall–Kier alpha value is -2.02. The molecule has 32 heavy (non-hydrogen) atoms. The first kappa shape index (κ1) is 26.2. The van der Waals surface area contributed by atoms with E-state index in [2.05, 4.69) is 20.7 Å². The van der Waals surface area contributed by atoms with Gasteiger partial charge in [0.25, 0.3) is 0 Å². The highest BCUT2D eigenvalue weighted by Gasteiger charge is 2.34. The summed E-state index contributed by atoms with van der Waals surface area (Å²) in [5, 5.41) is 10.4. The molecule has 1 aromatic carbocycles. The van der Waals surface area contributed by atoms with Crippen molar-refractivity contribution in [1.29, 1.82) is 0 Å². The average molecular weight is 566 g/mol. The van der Waals surface area contributed by atoms with Crippen LogP contribution in [-0.2, 0) is 24.0 Å². The molecule has 0 atom stereocenters. The maximum absolute atomic E-state index is 13.7. The van der Waals surface area contributed by atoms with Crippen molar-refractivity contribution in [2.24, 2.45) is 4.99 Å². The van der Waals surface area contributed by atoms with Crippen LogP contribution in [-0.4, -0.2) is 55.1 Å². The number of ether oxygens (including phenoxy) is 1. The van der Waals surface area contributed by atoms with Crippen LogP contribution in [0.4, 0.5) is 18.9 Å². The highest BCUT2D eigenvalue weighted by molar-refractivity contribution is 14.0. The van der Waals surface area contributed by atoms with Gasteiger partial charge in [-0.25, -0.2) is 4.99 Å². The second-order valence-corrected chi connectivity index (χ2v) is 7.18. The fraction of sp³-hybridized carbons (Fsp3) is 0.524. The van der Waals surface area contributed by atoms with Crippen molar-refractivity contribution in [2.45, 2.75) is 32.6 Å². The van der Waals surface area contributed by atoms with Crippen molar-refractivity contribution in [3.05, 3.63) is 47.8 Å². The quantitative estimate of drug-likeness (QED) is 0.222. The molecule has 2 heterocycles. The molecule has 1 fully saturated rings. The summed E-state index contributed by atoms with van der Waals surface area (Å²) in [6.07, 6.45) is -0.0170. The number of hydrogen-bond donors (Lipinski definition) is 2. The van der Waals surface area contributed by atoms with Gasteiger partial charge in [0, 0.05) is 50.8 Å². The zero-order valence-electron chi connectivity index (χ0n) is 18.1. The Balaban J connectivity index is 0.00000363. The molecular weight excluding hydrogens is 536 g/mol. The van der Waals surface area contributed by atoms with Crippen molar-refractivity contribution in [3.63, 3.8) is 0 Å². The van der Waals surface area contributed by atoms with Crippen molar-refractivity contribution in [3.8, 4) is 0 Å². The van der Waals surface area contributed by atoms with Crippen LogP contribution in [0, 0.1) is 0 Å². The van der Waals surface area contributed by atoms with E-state index in [1.54, 1.807) is 12.3 Å². The van der Waals surface area contributed by atoms with E-state index in [4.69, 9.17) is 4.74 Å². The lowest BCUT2D eigenvalue weighted by molar-refractivity contribution is -0.138. The highest BCUT2D eigenvalue weighted by atomic mass is 127. The first-order valence-corrected chi connectivity index (χ1v) is 10.5. The van der Waals surface area contributed by atoms with Crippen LogP contribution in [0.15, 0.2) is 41.7 Å². The first-order chi connectivity index (χ1) is 15.0. The summed E-state index contributed by atoms with van der Waals surface area (Å²) in [5.41, 5.74) is 0.0695. The molecule has 0 radical (unpaired) electrons. The Morgan fingerprint density at radius 2 is 2.00 bits per heavy atom. The van der Waals surface area contributed by atoms with Crippen LogP contribution < -0.4 is 15.5 Å². The van der Waals surface area contributed by atoms with Crippen LogP contribution in [0.2, 0.25) is 0 Å². The third-order valence-corrected chi connectivity index (χ3v) is 4.94. The van der Waals surface area contributed by atoms with Gasteiger partial charge in [0.2, 0.25) is 0 Å². The minimum absolute atomic E-state index is 0. The molecule has 0 aliphatic carbocycles. The number of alkyl halides is 3. The monoisotopic (exact) mass is 566 g/mol. The summed E-state index contributed by atoms with van der Waals surface area (Å²) in [5.74, 6) is 0.494. The molecule has 2 aromatic rings. The summed E-state index contributed by atoms with van der Waals surface area (Å²) in [7, 11) is 0. The van der Waals surface area contributed by atoms with Crippen molar-refractivity contribution in [2.75, 3.05) is 44.3 Å². The van der Waals surface area contributed by atoms with E-state index in [0.717, 1.165) is 13.0 Å². The van der Waals surface area contributed by atoms with Crippen LogP contribution >= 0.6 is 24.0 Å². The number of nitrogens with one attached hydrogen (secondary N) is 2. The third kappa shape index (κ3) is 7.84. The molecule has 11 heteroatoms. The predicted molar refractivity (Wildman–Crippen MR) is 130 cm³/mol. The van der Waals surface area contributed by atoms with Crippen LogP contribution in [0.25, 0.3) is 0 Å². The summed E-state index contributed by atoms with van der Waals surface area (Å²) in [4.78, 5) is 6.29. The zero-order chi connectivity index (χ0) is 22.1. The molecular formula is C21H30F3IN6O. The maximum Gasteiger partial charge on any atom is 0.416 e. The van der Waals surface area contributed by atoms with E-state index < -0.39 is 11.7 Å². The molecule has 0 bridgehead atoms. The lowest BCUT2D eigenvalue weighted by atomic mass is 10.1. The third-order valence-electron chi connectivity index (χ3n) is 4.94. The first-order valence-electron chi connectivity index (χ1n) is 10.5. The normalized spacial score (nSPS) is 14.8. The standard InChI is InChI=1S/C21H29F3N6O.HI/c1-2-25-20(26-7-3-9-30-10-4-8-28-30)27-16-17-5-6-18(15-19(17)21(22,23)24)29-11-13-31-14-12-29;/h4-6,8,10,15H,2-3,7,9,11-14,16H2,1H3,(H2,25,26,27);1H. The van der Waals surface area contributed by atoms with Gasteiger partial charge in [-0.1, -0.05) is 6.07 Å². The molecule has 0 saturated carbocycles. The second kappa shape index (κ2) is 12.9. The molecule has 1 aliphatic heterocycles. The zero-order valence-corrected chi connectivity index (χ0v) is 20.4. The van der Waals surface area contributed by atoms with E-state index in [-0.39, 0.29) is 36.1 Å². The molecule has 0 spiro atoms. The predicted octanol–water partition coefficient (Wildman–Crippen LogP) is 3.50. The molecule has 3 rings (SSSR count). The van der Waals surface area contributed by atoms with Gasteiger partial charge in [0.15, 0.2) is 5.96 Å². The van der Waals surface area contributed by atoms with Crippen LogP contribution in [0.1, 0.15) is 24.5 Å². The van der Waals surface area contributed by atoms with Gasteiger partial charge in [0.1, 0.15) is 0 Å². The van der Waals surface area contributed by atoms with Gasteiger partial charge in [-0.05, 0) is 37.1 Å². The second-order valence-electron chi connectivity index (χ2n) is 7.18. The minimum atomic E-state index is -4.44. The average Bonchev–Trinajstić information content (AvgIpc) is 3.28. The number of benzene rings is 1. The highest BCUT2D eigenvalue weighted by Crippen LogP contribution is 2.35. The summed E-state index contributed by atoms with van der Waals surface area (Å²) in [6, 6.07) is 6.34. The van der Waals surface area contributed by atoms with E-state index >= 15 is 0 Å². The van der Waals surface area contributed by atoms with Gasteiger partial charge in [-0.15, -0.1) is 24.0 Å². The molecule has 2 N–H and O–H groups in total. The van der Waals surface area contributed by atoms with Gasteiger partial charge >= 0.3 is 6.18 Å². The van der Waals surface area contributed by atoms with Crippen molar-refractivity contribution in [1.82, 2.24) is 20.4 Å². The Morgan fingerprint density at radius 3 is 2.66 bits per heavy atom. The Labute approximate surface area is 203 Å². The number of aliphatic imine (C=N–C) groups is 1. The smallest absolute Gasteiger partial charge is 0.378 e. The van der Waals surface area contributed by atoms with Gasteiger partial charge in [-0.2, -0.15) is 18.3 Å². The summed E-state index contributed by atoms with van der Waals surface area (Å²) >= 11 is 0. The Morgan fingerprint density at radius 1 is 1.22 bits per heavy atom. The van der Waals surface area contributed by atoms with E-state index in [1.807, 2.05) is 28.8 Å². The van der Waals surface area contributed by atoms with Crippen molar-refractivity contribution < 1.29 is 17.9 Å². The fourth-order valence-electron chi connectivity index (χ4n) is 3.37. The Kier molecular flexibility index (Phi) is 10.6. The number of aromatic nitrogens is 2. The van der Waals surface area contributed by atoms with Crippen molar-refractivity contribution >= 4 is 35.6 Å². The number of guanidine groups is 1. The van der Waals surface area contributed by atoms with Gasteiger partial charge < -0.3 is 20.3 Å². The molecule has 1 aromatic heterocycles. The summed E-state index contributed by atoms with van der Waals surface area (Å²) in [6.45, 7) is 6.06. The lowest BCUT2D eigenvalue weighted by Gasteiger charge is -2.29. The number of anilines is 1. The molecule has 0 amide bonds. The van der Waals surface area contributed by atoms with E-state index in [9.17, 15) is 13.2 Å². The molecule has 7 nitrogen and oxygen atoms in total. The van der Waals surface area contributed by atoms with Gasteiger partial charge in [-0.3, -0.25) is 4.68 Å². The largest absolute Gasteiger partial charge is 0.416 e. The van der Waals surface area contributed by atoms with Gasteiger partial charge in [0.05, 0.1) is 25.3 Å². The van der Waals surface area contributed by atoms with E-state index in [0.29, 0.717) is 51.0 Å². The SMILES string of the molecule is CCNC(=NCc1ccc(N2CCOCC2)cc1C(F)(F)F)NCCCn1cccn1.I. The number of morpholine rings is 1. The fourth-order valence-corrected chi connectivity index (χ4v) is 3.37. The number of aryl methyl sites for hydroxylation is 1. The van der Waals surface area contributed by atoms with Crippen LogP contribution in [0.3, 0.4) is 0 Å². The Bertz CT molecular complexity index is 839. The van der Waals surface area contributed by atoms with E-state index in [1.165, 1.54) is 12.1 Å². The minimum Gasteiger partial charge on any atom is -0.378 e. The number of hydrogen-bond acceptors (Lipinski definition) is 4. The molecule has 1 saturated heterocycles. The summed E-state index contributed by atoms with van der Waals surface area (Å²) < 4.78 is 48.3. The molecule has 1 aliphatic rings. The topological polar surface area (TPSA) is 66.7 Å². The molecule has 0 unspecified atom stereocenters. The number of halogens is 4. The lowest BCUT2D eigenvalue weighted by Crippen LogP contribution is -2.38. The van der Waals surface area contributed by atoms with Crippen LogP contribution in [0.5, 0.6) is 0 Å². The number of nitrogens with zero attached hydrogens (tertiary/aromatic N) is 4.